The van der Waals surface area contributed by atoms with E-state index in [1.165, 1.54) is 0 Å². The Labute approximate surface area is 54.7 Å². The van der Waals surface area contributed by atoms with Crippen LogP contribution in [0.15, 0.2) is 9.98 Å². The molecule has 1 atom stereocenters. The minimum absolute atomic E-state index is 0.870. The van der Waals surface area contributed by atoms with Crippen molar-refractivity contribution in [1.29, 1.82) is 0 Å². The smallest absolute Gasteiger partial charge is 0.347 e. The van der Waals surface area contributed by atoms with Crippen LogP contribution in [-0.4, -0.2) is 25.0 Å². The molecular formula is C4H4F3N3. The predicted octanol–water partition coefficient (Wildman–Crippen LogP) is 0.535. The zero-order valence-corrected chi connectivity index (χ0v) is 4.76. The van der Waals surface area contributed by atoms with E-state index >= 15 is 0 Å². The van der Waals surface area contributed by atoms with E-state index in [0.717, 1.165) is 12.7 Å². The summed E-state index contributed by atoms with van der Waals surface area (Å²) in [4.78, 5) is 6.35. The number of hydrogen-bond donors (Lipinski definition) is 1. The zero-order chi connectivity index (χ0) is 7.61. The predicted molar refractivity (Wildman–Crippen MR) is 30.0 cm³/mol. The van der Waals surface area contributed by atoms with Crippen molar-refractivity contribution in [3.8, 4) is 0 Å². The van der Waals surface area contributed by atoms with Crippen LogP contribution in [0.3, 0.4) is 0 Å². The van der Waals surface area contributed by atoms with E-state index in [2.05, 4.69) is 9.98 Å². The third-order valence-corrected chi connectivity index (χ3v) is 0.899. The Bertz CT molecular complexity index is 171. The summed E-state index contributed by atoms with van der Waals surface area (Å²) >= 11 is 0. The van der Waals surface area contributed by atoms with Crippen LogP contribution in [-0.2, 0) is 0 Å². The molecule has 1 rings (SSSR count). The fourth-order valence-corrected chi connectivity index (χ4v) is 0.474. The molecule has 6 heteroatoms. The van der Waals surface area contributed by atoms with Crippen molar-refractivity contribution < 1.29 is 13.2 Å². The molecule has 0 radical (unpaired) electrons. The van der Waals surface area contributed by atoms with Crippen molar-refractivity contribution in [3.05, 3.63) is 0 Å². The minimum atomic E-state index is -4.33. The molecule has 0 amide bonds. The Hall–Kier alpha value is -1.07. The van der Waals surface area contributed by atoms with Gasteiger partial charge in [-0.25, -0.2) is 9.98 Å². The Morgan fingerprint density at radius 1 is 1.40 bits per heavy atom. The van der Waals surface area contributed by atoms with Gasteiger partial charge in [-0.1, -0.05) is 0 Å². The van der Waals surface area contributed by atoms with Crippen LogP contribution in [0.2, 0.25) is 0 Å². The average Bonchev–Trinajstić information content (AvgIpc) is 1.88. The maximum absolute atomic E-state index is 11.7. The lowest BCUT2D eigenvalue weighted by Crippen LogP contribution is -2.41. The summed E-state index contributed by atoms with van der Waals surface area (Å²) in [6, 6.07) is 0. The number of rotatable bonds is 0. The van der Waals surface area contributed by atoms with Crippen molar-refractivity contribution >= 4 is 12.7 Å². The fraction of sp³-hybridized carbons (Fsp3) is 0.500. The zero-order valence-electron chi connectivity index (χ0n) is 4.76. The van der Waals surface area contributed by atoms with E-state index in [1.807, 2.05) is 5.32 Å². The van der Waals surface area contributed by atoms with Crippen LogP contribution >= 0.6 is 0 Å². The summed E-state index contributed by atoms with van der Waals surface area (Å²) in [6.07, 6.45) is -4.33. The number of halogens is 3. The van der Waals surface area contributed by atoms with E-state index in [1.54, 1.807) is 0 Å². The van der Waals surface area contributed by atoms with Crippen LogP contribution in [0.4, 0.5) is 13.2 Å². The topological polar surface area (TPSA) is 36.8 Å². The number of alkyl halides is 3. The van der Waals surface area contributed by atoms with Crippen LogP contribution < -0.4 is 5.32 Å². The molecule has 1 heterocycles. The molecule has 0 aromatic carbocycles. The molecule has 56 valence electrons. The largest absolute Gasteiger partial charge is 0.429 e. The molecule has 0 spiro atoms. The highest BCUT2D eigenvalue weighted by atomic mass is 19.4. The van der Waals surface area contributed by atoms with Gasteiger partial charge in [-0.2, -0.15) is 13.2 Å². The van der Waals surface area contributed by atoms with E-state index in [4.69, 9.17) is 0 Å². The first-order valence-corrected chi connectivity index (χ1v) is 2.47. The Morgan fingerprint density at radius 3 is 2.40 bits per heavy atom. The third kappa shape index (κ3) is 1.46. The summed E-state index contributed by atoms with van der Waals surface area (Å²) < 4.78 is 35.1. The van der Waals surface area contributed by atoms with Crippen molar-refractivity contribution in [1.82, 2.24) is 5.32 Å². The molecule has 0 aliphatic carbocycles. The highest BCUT2D eigenvalue weighted by Crippen LogP contribution is 2.20. The van der Waals surface area contributed by atoms with Gasteiger partial charge in [0.2, 0.25) is 6.17 Å². The first-order valence-electron chi connectivity index (χ1n) is 2.47. The van der Waals surface area contributed by atoms with Gasteiger partial charge in [0.25, 0.3) is 0 Å². The fourth-order valence-electron chi connectivity index (χ4n) is 0.474. The maximum Gasteiger partial charge on any atom is 0.429 e. The van der Waals surface area contributed by atoms with Crippen molar-refractivity contribution in [2.24, 2.45) is 9.98 Å². The van der Waals surface area contributed by atoms with E-state index in [9.17, 15) is 13.2 Å². The second-order valence-corrected chi connectivity index (χ2v) is 1.65. The minimum Gasteiger partial charge on any atom is -0.347 e. The van der Waals surface area contributed by atoms with Crippen LogP contribution in [0.1, 0.15) is 0 Å². The maximum atomic E-state index is 11.7. The molecule has 1 unspecified atom stereocenters. The van der Waals surface area contributed by atoms with Crippen molar-refractivity contribution in [2.45, 2.75) is 12.3 Å². The van der Waals surface area contributed by atoms with Gasteiger partial charge in [0.1, 0.15) is 6.34 Å². The highest BCUT2D eigenvalue weighted by molar-refractivity contribution is 5.73. The second-order valence-electron chi connectivity index (χ2n) is 1.65. The number of nitrogens with zero attached hydrogens (tertiary/aromatic N) is 2. The quantitative estimate of drug-likeness (QED) is 0.538. The van der Waals surface area contributed by atoms with Gasteiger partial charge in [-0.15, -0.1) is 0 Å². The summed E-state index contributed by atoms with van der Waals surface area (Å²) in [5, 5.41) is 1.94. The SMILES string of the molecule is FC(F)(F)C1N=CN=CN1. The Kier molecular flexibility index (Phi) is 1.60. The first kappa shape index (κ1) is 7.04. The molecule has 1 aliphatic rings. The lowest BCUT2D eigenvalue weighted by Gasteiger charge is -2.16. The van der Waals surface area contributed by atoms with Gasteiger partial charge in [0.15, 0.2) is 0 Å². The molecule has 0 bridgehead atoms. The van der Waals surface area contributed by atoms with Crippen LogP contribution in [0, 0.1) is 0 Å². The standard InChI is InChI=1S/C4H4F3N3/c5-4(6,7)3-9-1-8-2-10-3/h1-3H,(H,8,9,10). The van der Waals surface area contributed by atoms with E-state index in [0.29, 0.717) is 0 Å². The monoisotopic (exact) mass is 151 g/mol. The molecule has 0 aromatic rings. The summed E-state index contributed by atoms with van der Waals surface area (Å²) in [5.74, 6) is 0. The molecule has 1 aliphatic heterocycles. The lowest BCUT2D eigenvalue weighted by atomic mass is 10.5. The van der Waals surface area contributed by atoms with Crippen LogP contribution in [0.25, 0.3) is 0 Å². The molecule has 0 saturated carbocycles. The lowest BCUT2D eigenvalue weighted by molar-refractivity contribution is -0.149. The molecule has 0 fully saturated rings. The average molecular weight is 151 g/mol. The van der Waals surface area contributed by atoms with Crippen LogP contribution in [0.5, 0.6) is 0 Å². The van der Waals surface area contributed by atoms with Gasteiger partial charge in [-0.05, 0) is 0 Å². The van der Waals surface area contributed by atoms with Gasteiger partial charge in [-0.3, -0.25) is 0 Å². The first-order chi connectivity index (χ1) is 4.61. The van der Waals surface area contributed by atoms with Gasteiger partial charge in [0, 0.05) is 0 Å². The summed E-state index contributed by atoms with van der Waals surface area (Å²) in [7, 11) is 0. The van der Waals surface area contributed by atoms with Gasteiger partial charge in [0.05, 0.1) is 6.34 Å². The molecule has 0 saturated heterocycles. The summed E-state index contributed by atoms with van der Waals surface area (Å²) in [5.41, 5.74) is 0. The van der Waals surface area contributed by atoms with Crippen molar-refractivity contribution in [3.63, 3.8) is 0 Å². The Balaban J connectivity index is 2.60. The number of hydrogen-bond acceptors (Lipinski definition) is 3. The highest BCUT2D eigenvalue weighted by Gasteiger charge is 2.39. The van der Waals surface area contributed by atoms with Crippen molar-refractivity contribution in [2.75, 3.05) is 0 Å². The van der Waals surface area contributed by atoms with E-state index < -0.39 is 12.3 Å². The molecular weight excluding hydrogens is 147 g/mol. The third-order valence-electron chi connectivity index (χ3n) is 0.899. The van der Waals surface area contributed by atoms with Gasteiger partial charge < -0.3 is 5.32 Å². The van der Waals surface area contributed by atoms with E-state index in [-0.39, 0.29) is 0 Å². The second kappa shape index (κ2) is 2.28. The molecule has 1 N–H and O–H groups in total. The molecule has 3 nitrogen and oxygen atoms in total. The summed E-state index contributed by atoms with van der Waals surface area (Å²) in [6.45, 7) is 0. The molecule has 0 aromatic heterocycles. The molecule has 10 heavy (non-hydrogen) atoms. The number of aliphatic imine (C=N–C) groups is 2. The Morgan fingerprint density at radius 2 is 2.10 bits per heavy atom. The normalized spacial score (nSPS) is 24.5. The number of nitrogens with one attached hydrogen (secondary N) is 1. The van der Waals surface area contributed by atoms with Gasteiger partial charge >= 0.3 is 6.18 Å².